The highest BCUT2D eigenvalue weighted by Crippen LogP contribution is 2.18. The van der Waals surface area contributed by atoms with Crippen molar-refractivity contribution >= 4 is 23.6 Å². The Morgan fingerprint density at radius 3 is 2.55 bits per heavy atom. The monoisotopic (exact) mass is 390 g/mol. The molecule has 2 aromatic carbocycles. The van der Waals surface area contributed by atoms with Crippen LogP contribution in [0.4, 0.5) is 10.5 Å². The molecule has 2 aliphatic heterocycles. The first-order chi connectivity index (χ1) is 14.1. The van der Waals surface area contributed by atoms with Gasteiger partial charge in [-0.1, -0.05) is 35.9 Å². The zero-order valence-electron chi connectivity index (χ0n) is 16.2. The normalized spacial score (nSPS) is 17.9. The number of cyclic esters (lactones) is 1. The first kappa shape index (κ1) is 18.7. The summed E-state index contributed by atoms with van der Waals surface area (Å²) < 4.78 is 5.32. The molecule has 148 valence electrons. The summed E-state index contributed by atoms with van der Waals surface area (Å²) in [6, 6.07) is 16.9. The number of carbonyl (C=O) groups is 2. The predicted octanol–water partition coefficient (Wildman–Crippen LogP) is 2.99. The van der Waals surface area contributed by atoms with Crippen LogP contribution in [0.1, 0.15) is 11.1 Å². The van der Waals surface area contributed by atoms with Crippen LogP contribution in [-0.4, -0.2) is 53.9 Å². The number of hydrogen-bond donors (Lipinski definition) is 1. The Labute approximate surface area is 169 Å². The maximum Gasteiger partial charge on any atom is 0.365 e. The van der Waals surface area contributed by atoms with E-state index in [9.17, 15) is 9.59 Å². The van der Waals surface area contributed by atoms with Gasteiger partial charge in [0.2, 0.25) is 5.90 Å². The van der Waals surface area contributed by atoms with Crippen molar-refractivity contribution in [3.05, 3.63) is 77.6 Å². The fourth-order valence-corrected chi connectivity index (χ4v) is 3.25. The Kier molecular flexibility index (Phi) is 5.29. The highest BCUT2D eigenvalue weighted by Gasteiger charge is 2.26. The SMILES string of the molecule is Cc1cccc(C2=NC(=CN3CCN(C(=O)Nc4ccccc4)CC3)C(=O)O2)c1. The van der Waals surface area contributed by atoms with Gasteiger partial charge in [-0.05, 0) is 31.2 Å². The zero-order chi connectivity index (χ0) is 20.2. The number of hydrogen-bond acceptors (Lipinski definition) is 5. The van der Waals surface area contributed by atoms with E-state index < -0.39 is 5.97 Å². The second kappa shape index (κ2) is 8.18. The summed E-state index contributed by atoms with van der Waals surface area (Å²) in [6.07, 6.45) is 1.72. The zero-order valence-corrected chi connectivity index (χ0v) is 16.2. The van der Waals surface area contributed by atoms with Gasteiger partial charge in [-0.3, -0.25) is 0 Å². The summed E-state index contributed by atoms with van der Waals surface area (Å²) in [7, 11) is 0. The van der Waals surface area contributed by atoms with Gasteiger partial charge in [0, 0.05) is 43.6 Å². The Bertz CT molecular complexity index is 977. The lowest BCUT2D eigenvalue weighted by Gasteiger charge is -2.34. The standard InChI is InChI=1S/C22H22N4O3/c1-16-6-5-7-17(14-16)20-24-19(21(27)29-20)15-25-10-12-26(13-11-25)22(28)23-18-8-3-2-4-9-18/h2-9,14-15H,10-13H2,1H3,(H,23,28). The van der Waals surface area contributed by atoms with Crippen molar-refractivity contribution < 1.29 is 14.3 Å². The molecule has 0 aliphatic carbocycles. The lowest BCUT2D eigenvalue weighted by atomic mass is 10.1. The minimum atomic E-state index is -0.453. The molecule has 0 unspecified atom stereocenters. The number of esters is 1. The van der Waals surface area contributed by atoms with Crippen molar-refractivity contribution in [3.8, 4) is 0 Å². The fraction of sp³-hybridized carbons (Fsp3) is 0.227. The van der Waals surface area contributed by atoms with Crippen molar-refractivity contribution in [1.29, 1.82) is 0 Å². The summed E-state index contributed by atoms with van der Waals surface area (Å²) in [6.45, 7) is 4.34. The van der Waals surface area contributed by atoms with Crippen molar-refractivity contribution in [2.45, 2.75) is 6.92 Å². The van der Waals surface area contributed by atoms with Gasteiger partial charge in [-0.15, -0.1) is 0 Å². The van der Waals surface area contributed by atoms with Crippen LogP contribution in [0.3, 0.4) is 0 Å². The van der Waals surface area contributed by atoms with E-state index in [1.807, 2.05) is 66.4 Å². The third-order valence-electron chi connectivity index (χ3n) is 4.82. The van der Waals surface area contributed by atoms with Gasteiger partial charge in [0.25, 0.3) is 0 Å². The molecular weight excluding hydrogens is 368 g/mol. The van der Waals surface area contributed by atoms with Crippen molar-refractivity contribution in [2.75, 3.05) is 31.5 Å². The van der Waals surface area contributed by atoms with Crippen molar-refractivity contribution in [1.82, 2.24) is 9.80 Å². The Hall–Kier alpha value is -3.61. The highest BCUT2D eigenvalue weighted by atomic mass is 16.6. The summed E-state index contributed by atoms with van der Waals surface area (Å²) in [5.74, 6) is -0.128. The minimum Gasteiger partial charge on any atom is -0.402 e. The Balaban J connectivity index is 1.37. The lowest BCUT2D eigenvalue weighted by Crippen LogP contribution is -2.48. The van der Waals surface area contributed by atoms with Gasteiger partial charge < -0.3 is 19.9 Å². The summed E-state index contributed by atoms with van der Waals surface area (Å²) in [4.78, 5) is 32.7. The van der Waals surface area contributed by atoms with Gasteiger partial charge in [0.15, 0.2) is 5.70 Å². The molecule has 2 aromatic rings. The van der Waals surface area contributed by atoms with E-state index in [0.29, 0.717) is 32.1 Å². The minimum absolute atomic E-state index is 0.122. The first-order valence-electron chi connectivity index (χ1n) is 9.53. The quantitative estimate of drug-likeness (QED) is 0.646. The molecule has 2 aliphatic rings. The molecular formula is C22H22N4O3. The number of piperazine rings is 1. The molecule has 7 heteroatoms. The van der Waals surface area contributed by atoms with Crippen LogP contribution < -0.4 is 5.32 Å². The van der Waals surface area contributed by atoms with Crippen LogP contribution in [0.2, 0.25) is 0 Å². The third kappa shape index (κ3) is 4.45. The number of nitrogens with one attached hydrogen (secondary N) is 1. The van der Waals surface area contributed by atoms with Crippen LogP contribution >= 0.6 is 0 Å². The molecule has 2 heterocycles. The van der Waals surface area contributed by atoms with E-state index in [0.717, 1.165) is 16.8 Å². The molecule has 2 amide bonds. The molecule has 1 fully saturated rings. The summed E-state index contributed by atoms with van der Waals surface area (Å²) in [5, 5.41) is 2.89. The predicted molar refractivity (Wildman–Crippen MR) is 110 cm³/mol. The Morgan fingerprint density at radius 2 is 1.83 bits per heavy atom. The van der Waals surface area contributed by atoms with E-state index in [1.54, 1.807) is 11.1 Å². The second-order valence-electron chi connectivity index (χ2n) is 7.01. The molecule has 4 rings (SSSR count). The van der Waals surface area contributed by atoms with Gasteiger partial charge >= 0.3 is 12.0 Å². The molecule has 1 N–H and O–H groups in total. The molecule has 0 aromatic heterocycles. The third-order valence-corrected chi connectivity index (χ3v) is 4.82. The molecule has 0 saturated carbocycles. The average molecular weight is 390 g/mol. The topological polar surface area (TPSA) is 74.2 Å². The van der Waals surface area contributed by atoms with E-state index in [-0.39, 0.29) is 11.7 Å². The molecule has 29 heavy (non-hydrogen) atoms. The molecule has 7 nitrogen and oxygen atoms in total. The van der Waals surface area contributed by atoms with E-state index in [2.05, 4.69) is 10.3 Å². The van der Waals surface area contributed by atoms with Crippen LogP contribution in [0.5, 0.6) is 0 Å². The summed E-state index contributed by atoms with van der Waals surface area (Å²) in [5.41, 5.74) is 2.91. The van der Waals surface area contributed by atoms with Crippen LogP contribution in [0, 0.1) is 6.92 Å². The molecule has 0 bridgehead atoms. The van der Waals surface area contributed by atoms with Crippen LogP contribution in [0.15, 0.2) is 71.5 Å². The maximum absolute atomic E-state index is 12.4. The number of benzene rings is 2. The average Bonchev–Trinajstić information content (AvgIpc) is 3.10. The largest absolute Gasteiger partial charge is 0.402 e. The number of rotatable bonds is 3. The van der Waals surface area contributed by atoms with E-state index in [1.165, 1.54) is 0 Å². The maximum atomic E-state index is 12.4. The van der Waals surface area contributed by atoms with Gasteiger partial charge in [-0.2, -0.15) is 0 Å². The number of amides is 2. The Morgan fingerprint density at radius 1 is 1.07 bits per heavy atom. The number of carbonyl (C=O) groups excluding carboxylic acids is 2. The van der Waals surface area contributed by atoms with Crippen LogP contribution in [-0.2, 0) is 9.53 Å². The van der Waals surface area contributed by atoms with Gasteiger partial charge in [0.1, 0.15) is 0 Å². The number of nitrogens with zero attached hydrogens (tertiary/aromatic N) is 3. The van der Waals surface area contributed by atoms with E-state index >= 15 is 0 Å². The smallest absolute Gasteiger partial charge is 0.365 e. The summed E-state index contributed by atoms with van der Waals surface area (Å²) >= 11 is 0. The number of anilines is 1. The number of aliphatic imine (C=N–C) groups is 1. The van der Waals surface area contributed by atoms with Gasteiger partial charge in [-0.25, -0.2) is 14.6 Å². The second-order valence-corrected chi connectivity index (χ2v) is 7.01. The molecule has 0 radical (unpaired) electrons. The molecule has 0 spiro atoms. The number of aryl methyl sites for hydroxylation is 1. The van der Waals surface area contributed by atoms with Crippen LogP contribution in [0.25, 0.3) is 0 Å². The van der Waals surface area contributed by atoms with E-state index in [4.69, 9.17) is 4.74 Å². The fourth-order valence-electron chi connectivity index (χ4n) is 3.25. The molecule has 1 saturated heterocycles. The number of urea groups is 1. The van der Waals surface area contributed by atoms with Crippen molar-refractivity contribution in [3.63, 3.8) is 0 Å². The van der Waals surface area contributed by atoms with Crippen molar-refractivity contribution in [2.24, 2.45) is 4.99 Å². The number of ether oxygens (including phenoxy) is 1. The molecule has 0 atom stereocenters. The lowest BCUT2D eigenvalue weighted by molar-refractivity contribution is -0.130. The highest BCUT2D eigenvalue weighted by molar-refractivity contribution is 6.11. The number of para-hydroxylation sites is 1. The first-order valence-corrected chi connectivity index (χ1v) is 9.53. The van der Waals surface area contributed by atoms with Gasteiger partial charge in [0.05, 0.1) is 0 Å².